The molecular formula is C14H20O4. The molecule has 2 unspecified atom stereocenters. The average Bonchev–Trinajstić information content (AvgIpc) is 2.31. The second-order valence-electron chi connectivity index (χ2n) is 4.51. The summed E-state index contributed by atoms with van der Waals surface area (Å²) in [6.07, 6.45) is 8.07. The molecule has 0 fully saturated rings. The molecule has 1 aliphatic rings. The smallest absolute Gasteiger partial charge is 0.306 e. The third-order valence-corrected chi connectivity index (χ3v) is 2.75. The minimum atomic E-state index is -0.518. The molecule has 1 N–H and O–H groups in total. The minimum Gasteiger partial charge on any atom is -0.463 e. The van der Waals surface area contributed by atoms with Crippen molar-refractivity contribution in [3.05, 3.63) is 24.3 Å². The lowest BCUT2D eigenvalue weighted by molar-refractivity contribution is -0.149. The zero-order valence-corrected chi connectivity index (χ0v) is 10.7. The van der Waals surface area contributed by atoms with E-state index in [0.717, 1.165) is 12.8 Å². The maximum Gasteiger partial charge on any atom is 0.306 e. The molecule has 1 heterocycles. The number of cyclic esters (lactones) is 1. The van der Waals surface area contributed by atoms with E-state index in [9.17, 15) is 14.7 Å². The van der Waals surface area contributed by atoms with E-state index in [1.165, 1.54) is 6.08 Å². The molecule has 0 bridgehead atoms. The van der Waals surface area contributed by atoms with E-state index in [1.54, 1.807) is 18.2 Å². The van der Waals surface area contributed by atoms with Crippen molar-refractivity contribution in [2.24, 2.45) is 0 Å². The standard InChI is InChI=1S/C14H20O4/c1-11-5-4-8-12(15)6-2-3-7-13(16)9-10-14(17)18-11/h2-3,6-7,11-12,15H,4-5,8-10H2,1H3. The van der Waals surface area contributed by atoms with E-state index in [1.807, 2.05) is 6.92 Å². The first-order valence-electron chi connectivity index (χ1n) is 6.33. The van der Waals surface area contributed by atoms with Gasteiger partial charge in [-0.1, -0.05) is 18.2 Å². The van der Waals surface area contributed by atoms with Gasteiger partial charge in [0.25, 0.3) is 0 Å². The number of rotatable bonds is 0. The molecule has 0 saturated carbocycles. The van der Waals surface area contributed by atoms with Crippen LogP contribution in [0.25, 0.3) is 0 Å². The van der Waals surface area contributed by atoms with E-state index in [0.29, 0.717) is 6.42 Å². The second kappa shape index (κ2) is 7.82. The van der Waals surface area contributed by atoms with Gasteiger partial charge in [0.2, 0.25) is 0 Å². The molecule has 0 aromatic carbocycles. The zero-order chi connectivity index (χ0) is 13.4. The highest BCUT2D eigenvalue weighted by Gasteiger charge is 2.11. The number of allylic oxidation sites excluding steroid dienone is 3. The highest BCUT2D eigenvalue weighted by molar-refractivity contribution is 5.92. The molecule has 4 nitrogen and oxygen atoms in total. The molecule has 100 valence electrons. The molecule has 0 radical (unpaired) electrons. The van der Waals surface area contributed by atoms with Gasteiger partial charge < -0.3 is 9.84 Å². The van der Waals surface area contributed by atoms with Gasteiger partial charge in [-0.3, -0.25) is 9.59 Å². The summed E-state index contributed by atoms with van der Waals surface area (Å²) in [6, 6.07) is 0. The van der Waals surface area contributed by atoms with Crippen molar-refractivity contribution >= 4 is 11.8 Å². The summed E-state index contributed by atoms with van der Waals surface area (Å²) in [6.45, 7) is 1.83. The SMILES string of the molecule is CC1CCCC(O)C=CC=CC(=O)CCC(=O)O1. The first kappa shape index (κ1) is 14.6. The predicted molar refractivity (Wildman–Crippen MR) is 67.9 cm³/mol. The summed E-state index contributed by atoms with van der Waals surface area (Å²) in [5.74, 6) is -0.451. The van der Waals surface area contributed by atoms with Crippen LogP contribution in [-0.2, 0) is 14.3 Å². The van der Waals surface area contributed by atoms with Gasteiger partial charge in [0.1, 0.15) is 0 Å². The summed E-state index contributed by atoms with van der Waals surface area (Å²) in [5, 5.41) is 9.61. The maximum absolute atomic E-state index is 11.4. The first-order chi connectivity index (χ1) is 8.58. The Labute approximate surface area is 107 Å². The van der Waals surface area contributed by atoms with Crippen molar-refractivity contribution in [3.8, 4) is 0 Å². The number of esters is 1. The van der Waals surface area contributed by atoms with Gasteiger partial charge in [0.05, 0.1) is 18.6 Å². The average molecular weight is 252 g/mol. The highest BCUT2D eigenvalue weighted by atomic mass is 16.5. The molecule has 18 heavy (non-hydrogen) atoms. The third-order valence-electron chi connectivity index (χ3n) is 2.75. The Morgan fingerprint density at radius 1 is 1.22 bits per heavy atom. The highest BCUT2D eigenvalue weighted by Crippen LogP contribution is 2.10. The number of aliphatic hydroxyl groups is 1. The van der Waals surface area contributed by atoms with Crippen LogP contribution in [0.1, 0.15) is 39.0 Å². The lowest BCUT2D eigenvalue weighted by atomic mass is 10.1. The van der Waals surface area contributed by atoms with Crippen LogP contribution in [0.4, 0.5) is 0 Å². The van der Waals surface area contributed by atoms with Gasteiger partial charge in [-0.05, 0) is 32.3 Å². The van der Waals surface area contributed by atoms with E-state index in [4.69, 9.17) is 4.74 Å². The fourth-order valence-corrected chi connectivity index (χ4v) is 1.72. The van der Waals surface area contributed by atoms with E-state index in [-0.39, 0.29) is 30.7 Å². The Hall–Kier alpha value is -1.42. The number of hydrogen-bond acceptors (Lipinski definition) is 4. The molecule has 4 heteroatoms. The summed E-state index contributed by atoms with van der Waals surface area (Å²) in [5.41, 5.74) is 0. The molecular weight excluding hydrogens is 232 g/mol. The molecule has 0 amide bonds. The van der Waals surface area contributed by atoms with Crippen LogP contribution in [0.5, 0.6) is 0 Å². The first-order valence-corrected chi connectivity index (χ1v) is 6.33. The monoisotopic (exact) mass is 252 g/mol. The van der Waals surface area contributed by atoms with Gasteiger partial charge in [-0.2, -0.15) is 0 Å². The van der Waals surface area contributed by atoms with Crippen molar-refractivity contribution in [2.75, 3.05) is 0 Å². The van der Waals surface area contributed by atoms with Crippen molar-refractivity contribution in [3.63, 3.8) is 0 Å². The van der Waals surface area contributed by atoms with Gasteiger partial charge in [0, 0.05) is 6.42 Å². The lowest BCUT2D eigenvalue weighted by Crippen LogP contribution is -2.16. The number of aliphatic hydroxyl groups excluding tert-OH is 1. The Morgan fingerprint density at radius 2 is 2.00 bits per heavy atom. The molecule has 1 aliphatic heterocycles. The normalized spacial score (nSPS) is 27.7. The second-order valence-corrected chi connectivity index (χ2v) is 4.51. The Bertz CT molecular complexity index is 344. The number of carbonyl (C=O) groups is 2. The van der Waals surface area contributed by atoms with Gasteiger partial charge in [-0.15, -0.1) is 0 Å². The van der Waals surface area contributed by atoms with Gasteiger partial charge in [-0.25, -0.2) is 0 Å². The molecule has 0 saturated heterocycles. The summed E-state index contributed by atoms with van der Waals surface area (Å²) in [4.78, 5) is 22.8. The van der Waals surface area contributed by atoms with Crippen LogP contribution >= 0.6 is 0 Å². The van der Waals surface area contributed by atoms with Crippen molar-refractivity contribution < 1.29 is 19.4 Å². The zero-order valence-electron chi connectivity index (χ0n) is 10.7. The molecule has 1 rings (SSSR count). The largest absolute Gasteiger partial charge is 0.463 e. The van der Waals surface area contributed by atoms with Crippen LogP contribution in [0.15, 0.2) is 24.3 Å². The molecule has 0 aromatic heterocycles. The summed E-state index contributed by atoms with van der Waals surface area (Å²) in [7, 11) is 0. The van der Waals surface area contributed by atoms with Gasteiger partial charge in [0.15, 0.2) is 5.78 Å². The van der Waals surface area contributed by atoms with Crippen LogP contribution in [-0.4, -0.2) is 29.1 Å². The Balaban J connectivity index is 2.60. The number of carbonyl (C=O) groups excluding carboxylic acids is 2. The number of ketones is 1. The lowest BCUT2D eigenvalue weighted by Gasteiger charge is -2.13. The quantitative estimate of drug-likeness (QED) is 0.669. The predicted octanol–water partition coefficient (Wildman–Crippen LogP) is 1.92. The summed E-state index contributed by atoms with van der Waals surface area (Å²) >= 11 is 0. The number of hydrogen-bond donors (Lipinski definition) is 1. The third kappa shape index (κ3) is 6.35. The van der Waals surface area contributed by atoms with Crippen molar-refractivity contribution in [1.82, 2.24) is 0 Å². The van der Waals surface area contributed by atoms with E-state index in [2.05, 4.69) is 0 Å². The van der Waals surface area contributed by atoms with Crippen LogP contribution in [0, 0.1) is 0 Å². The minimum absolute atomic E-state index is 0.115. The van der Waals surface area contributed by atoms with Crippen LogP contribution < -0.4 is 0 Å². The number of ether oxygens (including phenoxy) is 1. The van der Waals surface area contributed by atoms with Crippen LogP contribution in [0.3, 0.4) is 0 Å². The van der Waals surface area contributed by atoms with E-state index < -0.39 is 6.10 Å². The van der Waals surface area contributed by atoms with Crippen molar-refractivity contribution in [2.45, 2.75) is 51.2 Å². The topological polar surface area (TPSA) is 63.6 Å². The van der Waals surface area contributed by atoms with Gasteiger partial charge >= 0.3 is 5.97 Å². The fraction of sp³-hybridized carbons (Fsp3) is 0.571. The van der Waals surface area contributed by atoms with E-state index >= 15 is 0 Å². The van der Waals surface area contributed by atoms with Crippen LogP contribution in [0.2, 0.25) is 0 Å². The Morgan fingerprint density at radius 3 is 2.78 bits per heavy atom. The van der Waals surface area contributed by atoms with Crippen molar-refractivity contribution in [1.29, 1.82) is 0 Å². The maximum atomic E-state index is 11.4. The molecule has 2 atom stereocenters. The Kier molecular flexibility index (Phi) is 6.36. The molecule has 0 aromatic rings. The molecule has 0 aliphatic carbocycles. The molecule has 0 spiro atoms. The fourth-order valence-electron chi connectivity index (χ4n) is 1.72. The summed E-state index contributed by atoms with van der Waals surface area (Å²) < 4.78 is 5.16.